The molecule has 0 bridgehead atoms. The number of hydrogen-bond donors (Lipinski definition) is 3. The molecular formula is C12H24N2O2. The number of nitrogens with one attached hydrogen (secondary N) is 2. The maximum absolute atomic E-state index is 10.8. The minimum Gasteiger partial charge on any atom is -0.481 e. The average molecular weight is 228 g/mol. The van der Waals surface area contributed by atoms with Crippen LogP contribution >= 0.6 is 0 Å². The lowest BCUT2D eigenvalue weighted by Crippen LogP contribution is -2.69. The van der Waals surface area contributed by atoms with Crippen molar-refractivity contribution in [2.24, 2.45) is 11.3 Å². The van der Waals surface area contributed by atoms with E-state index in [4.69, 9.17) is 5.11 Å². The summed E-state index contributed by atoms with van der Waals surface area (Å²) in [6, 6.07) is 0. The SMILES string of the molecule is CC(CNC1(CC(=O)O)CNC1)C(C)(C)C. The van der Waals surface area contributed by atoms with Crippen LogP contribution in [0.4, 0.5) is 0 Å². The quantitative estimate of drug-likeness (QED) is 0.659. The van der Waals surface area contributed by atoms with Crippen LogP contribution in [0, 0.1) is 11.3 Å². The molecule has 0 radical (unpaired) electrons. The van der Waals surface area contributed by atoms with Gasteiger partial charge in [-0.1, -0.05) is 27.7 Å². The van der Waals surface area contributed by atoms with Crippen molar-refractivity contribution in [2.45, 2.75) is 39.7 Å². The molecule has 4 nitrogen and oxygen atoms in total. The molecule has 0 amide bonds. The van der Waals surface area contributed by atoms with Crippen molar-refractivity contribution in [1.29, 1.82) is 0 Å². The zero-order chi connectivity index (χ0) is 12.4. The van der Waals surface area contributed by atoms with E-state index in [2.05, 4.69) is 38.3 Å². The molecule has 1 aliphatic heterocycles. The molecule has 1 unspecified atom stereocenters. The third kappa shape index (κ3) is 3.46. The Balaban J connectivity index is 2.43. The van der Waals surface area contributed by atoms with E-state index in [1.165, 1.54) is 0 Å². The molecule has 1 saturated heterocycles. The van der Waals surface area contributed by atoms with E-state index in [-0.39, 0.29) is 17.4 Å². The first-order valence-electron chi connectivity index (χ1n) is 5.93. The smallest absolute Gasteiger partial charge is 0.305 e. The fourth-order valence-electron chi connectivity index (χ4n) is 1.70. The first kappa shape index (κ1) is 13.5. The van der Waals surface area contributed by atoms with Gasteiger partial charge in [-0.25, -0.2) is 0 Å². The lowest BCUT2D eigenvalue weighted by Gasteiger charge is -2.44. The predicted molar refractivity (Wildman–Crippen MR) is 64.5 cm³/mol. The van der Waals surface area contributed by atoms with E-state index < -0.39 is 5.97 Å². The van der Waals surface area contributed by atoms with Gasteiger partial charge in [0.2, 0.25) is 0 Å². The summed E-state index contributed by atoms with van der Waals surface area (Å²) in [4.78, 5) is 10.8. The standard InChI is InChI=1S/C12H24N2O2/c1-9(11(2,3)4)6-14-12(5-10(15)16)7-13-8-12/h9,13-14H,5-8H2,1-4H3,(H,15,16). The van der Waals surface area contributed by atoms with Crippen molar-refractivity contribution in [1.82, 2.24) is 10.6 Å². The number of carboxylic acid groups (broad SMARTS) is 1. The van der Waals surface area contributed by atoms with E-state index in [1.54, 1.807) is 0 Å². The van der Waals surface area contributed by atoms with Crippen LogP contribution in [0.1, 0.15) is 34.1 Å². The summed E-state index contributed by atoms with van der Waals surface area (Å²) in [5.41, 5.74) is 0.0416. The highest BCUT2D eigenvalue weighted by Crippen LogP contribution is 2.26. The summed E-state index contributed by atoms with van der Waals surface area (Å²) in [6.45, 7) is 11.2. The third-order valence-electron chi connectivity index (χ3n) is 3.68. The highest BCUT2D eigenvalue weighted by molar-refractivity contribution is 5.68. The Morgan fingerprint density at radius 3 is 2.38 bits per heavy atom. The fourth-order valence-corrected chi connectivity index (χ4v) is 1.70. The maximum Gasteiger partial charge on any atom is 0.305 e. The first-order valence-corrected chi connectivity index (χ1v) is 5.93. The molecule has 1 aliphatic rings. The van der Waals surface area contributed by atoms with Crippen LogP contribution < -0.4 is 10.6 Å². The molecule has 3 N–H and O–H groups in total. The fraction of sp³-hybridized carbons (Fsp3) is 0.917. The van der Waals surface area contributed by atoms with E-state index in [1.807, 2.05) is 0 Å². The van der Waals surface area contributed by atoms with Crippen LogP contribution in [-0.2, 0) is 4.79 Å². The molecule has 16 heavy (non-hydrogen) atoms. The molecule has 0 aromatic heterocycles. The summed E-state index contributed by atoms with van der Waals surface area (Å²) >= 11 is 0. The van der Waals surface area contributed by atoms with Crippen LogP contribution in [0.15, 0.2) is 0 Å². The van der Waals surface area contributed by atoms with Crippen LogP contribution in [-0.4, -0.2) is 36.2 Å². The van der Waals surface area contributed by atoms with Gasteiger partial charge in [0.05, 0.1) is 12.0 Å². The number of aliphatic carboxylic acids is 1. The molecular weight excluding hydrogens is 204 g/mol. The summed E-state index contributed by atoms with van der Waals surface area (Å²) in [5.74, 6) is -0.198. The Kier molecular flexibility index (Phi) is 3.97. The second-order valence-electron chi connectivity index (χ2n) is 6.10. The second-order valence-corrected chi connectivity index (χ2v) is 6.10. The molecule has 1 rings (SSSR count). The summed E-state index contributed by atoms with van der Waals surface area (Å²) in [7, 11) is 0. The van der Waals surface area contributed by atoms with E-state index in [9.17, 15) is 4.79 Å². The molecule has 4 heteroatoms. The van der Waals surface area contributed by atoms with Gasteiger partial charge in [0.15, 0.2) is 0 Å². The van der Waals surface area contributed by atoms with Gasteiger partial charge in [0, 0.05) is 13.1 Å². The molecule has 0 spiro atoms. The minimum absolute atomic E-state index is 0.205. The summed E-state index contributed by atoms with van der Waals surface area (Å²) in [6.07, 6.45) is 0.205. The highest BCUT2D eigenvalue weighted by atomic mass is 16.4. The van der Waals surface area contributed by atoms with Crippen molar-refractivity contribution in [3.8, 4) is 0 Å². The van der Waals surface area contributed by atoms with Crippen molar-refractivity contribution >= 4 is 5.97 Å². The summed E-state index contributed by atoms with van der Waals surface area (Å²) in [5, 5.41) is 15.4. The van der Waals surface area contributed by atoms with E-state index >= 15 is 0 Å². The average Bonchev–Trinajstić information content (AvgIpc) is 2.06. The number of carbonyl (C=O) groups is 1. The first-order chi connectivity index (χ1) is 7.25. The van der Waals surface area contributed by atoms with E-state index in [0.717, 1.165) is 19.6 Å². The molecule has 0 aliphatic carbocycles. The van der Waals surface area contributed by atoms with Crippen LogP contribution in [0.5, 0.6) is 0 Å². The summed E-state index contributed by atoms with van der Waals surface area (Å²) < 4.78 is 0. The Labute approximate surface area is 97.8 Å². The van der Waals surface area contributed by atoms with Gasteiger partial charge in [0.25, 0.3) is 0 Å². The van der Waals surface area contributed by atoms with Crippen molar-refractivity contribution in [3.63, 3.8) is 0 Å². The Morgan fingerprint density at radius 2 is 2.06 bits per heavy atom. The van der Waals surface area contributed by atoms with Crippen LogP contribution in [0.3, 0.4) is 0 Å². The largest absolute Gasteiger partial charge is 0.481 e. The third-order valence-corrected chi connectivity index (χ3v) is 3.68. The lowest BCUT2D eigenvalue weighted by atomic mass is 9.80. The molecule has 94 valence electrons. The normalized spacial score (nSPS) is 21.2. The van der Waals surface area contributed by atoms with Gasteiger partial charge in [-0.15, -0.1) is 0 Å². The number of rotatable bonds is 5. The number of carboxylic acids is 1. The molecule has 0 aromatic carbocycles. The van der Waals surface area contributed by atoms with Crippen LogP contribution in [0.2, 0.25) is 0 Å². The van der Waals surface area contributed by atoms with Gasteiger partial charge < -0.3 is 15.7 Å². The Hall–Kier alpha value is -0.610. The maximum atomic E-state index is 10.8. The van der Waals surface area contributed by atoms with Gasteiger partial charge in [-0.2, -0.15) is 0 Å². The Bertz CT molecular complexity index is 254. The Morgan fingerprint density at radius 1 is 1.50 bits per heavy atom. The van der Waals surface area contributed by atoms with E-state index in [0.29, 0.717) is 5.92 Å². The van der Waals surface area contributed by atoms with Crippen molar-refractivity contribution in [2.75, 3.05) is 19.6 Å². The molecule has 0 aromatic rings. The molecule has 1 fully saturated rings. The van der Waals surface area contributed by atoms with Gasteiger partial charge >= 0.3 is 5.97 Å². The van der Waals surface area contributed by atoms with Crippen molar-refractivity contribution in [3.05, 3.63) is 0 Å². The number of hydrogen-bond acceptors (Lipinski definition) is 3. The van der Waals surface area contributed by atoms with Crippen molar-refractivity contribution < 1.29 is 9.90 Å². The molecule has 0 saturated carbocycles. The monoisotopic (exact) mass is 228 g/mol. The van der Waals surface area contributed by atoms with Gasteiger partial charge in [-0.05, 0) is 17.9 Å². The minimum atomic E-state index is -0.725. The predicted octanol–water partition coefficient (Wildman–Crippen LogP) is 1.07. The molecule has 1 atom stereocenters. The van der Waals surface area contributed by atoms with Crippen LogP contribution in [0.25, 0.3) is 0 Å². The topological polar surface area (TPSA) is 61.4 Å². The lowest BCUT2D eigenvalue weighted by molar-refractivity contribution is -0.139. The molecule has 1 heterocycles. The second kappa shape index (κ2) is 4.72. The zero-order valence-corrected chi connectivity index (χ0v) is 10.8. The van der Waals surface area contributed by atoms with Gasteiger partial charge in [0.1, 0.15) is 0 Å². The zero-order valence-electron chi connectivity index (χ0n) is 10.8. The van der Waals surface area contributed by atoms with Gasteiger partial charge in [-0.3, -0.25) is 4.79 Å². The highest BCUT2D eigenvalue weighted by Gasteiger charge is 2.39.